The van der Waals surface area contributed by atoms with Crippen molar-refractivity contribution in [3.05, 3.63) is 128 Å². The number of aryl methyl sites for hydroxylation is 4. The van der Waals surface area contributed by atoms with Gasteiger partial charge in [-0.2, -0.15) is 0 Å². The molecule has 0 spiro atoms. The number of nitrogens with one attached hydrogen (secondary N) is 2. The first-order valence-corrected chi connectivity index (χ1v) is 23.8. The summed E-state index contributed by atoms with van der Waals surface area (Å²) in [6.45, 7) is 29.9. The van der Waals surface area contributed by atoms with Crippen LogP contribution in [0.15, 0.2) is 66.7 Å². The van der Waals surface area contributed by atoms with Gasteiger partial charge in [0.05, 0.1) is 36.2 Å². The molecule has 0 saturated carbocycles. The molecule has 18 heteroatoms. The molecular weight excluding hydrogens is 932 g/mol. The number of Topliss-reactive ketones (excluding diaryl/α,β-unsaturated/α-hetero) is 1. The van der Waals surface area contributed by atoms with Gasteiger partial charge in [-0.15, -0.1) is 23.2 Å². The minimum Gasteiger partial charge on any atom is -0.423 e. The Morgan fingerprint density at radius 3 is 1.63 bits per heavy atom. The molecule has 0 aromatic heterocycles. The van der Waals surface area contributed by atoms with Crippen LogP contribution in [-0.4, -0.2) is 99.6 Å². The van der Waals surface area contributed by atoms with E-state index in [0.29, 0.717) is 40.9 Å². The van der Waals surface area contributed by atoms with Gasteiger partial charge in [-0.05, 0) is 147 Å². The molecule has 0 unspecified atom stereocenters. The van der Waals surface area contributed by atoms with Crippen LogP contribution in [0, 0.1) is 33.5 Å². The lowest BCUT2D eigenvalue weighted by atomic mass is 9.78. The molecule has 4 aromatic carbocycles. The molecule has 2 amide bonds. The number of hydrogen-bond acceptors (Lipinski definition) is 10. The number of amides is 2. The van der Waals surface area contributed by atoms with Crippen molar-refractivity contribution in [2.45, 2.75) is 114 Å². The van der Waals surface area contributed by atoms with E-state index >= 15 is 0 Å². The van der Waals surface area contributed by atoms with Gasteiger partial charge in [-0.25, -0.2) is 9.40 Å². The van der Waals surface area contributed by atoms with Crippen molar-refractivity contribution in [3.63, 3.8) is 0 Å². The zero-order valence-corrected chi connectivity index (χ0v) is 44.0. The number of nitrogens with zero attached hydrogens (tertiary/aromatic N) is 2. The number of hydrogen-bond donors (Lipinski definition) is 4. The van der Waals surface area contributed by atoms with Crippen molar-refractivity contribution >= 4 is 82.8 Å². The van der Waals surface area contributed by atoms with Gasteiger partial charge in [0.25, 0.3) is 17.1 Å². The van der Waals surface area contributed by atoms with E-state index in [9.17, 15) is 33.6 Å². The lowest BCUT2D eigenvalue weighted by molar-refractivity contribution is 0.0357. The van der Waals surface area contributed by atoms with E-state index in [2.05, 4.69) is 36.4 Å². The summed E-state index contributed by atoms with van der Waals surface area (Å²) >= 11 is 14.8. The largest absolute Gasteiger partial charge is 0.494 e. The summed E-state index contributed by atoms with van der Waals surface area (Å²) in [5.74, 6) is -2.01. The summed E-state index contributed by atoms with van der Waals surface area (Å²) in [6, 6.07) is 19.2. The van der Waals surface area contributed by atoms with Crippen LogP contribution in [0.5, 0.6) is 0 Å². The van der Waals surface area contributed by atoms with Gasteiger partial charge in [0, 0.05) is 27.7 Å². The van der Waals surface area contributed by atoms with E-state index in [-0.39, 0.29) is 34.3 Å². The zero-order valence-electron chi connectivity index (χ0n) is 41.7. The first-order valence-electron chi connectivity index (χ1n) is 22.4. The van der Waals surface area contributed by atoms with Gasteiger partial charge in [0.15, 0.2) is 5.78 Å². The van der Waals surface area contributed by atoms with Crippen LogP contribution >= 0.6 is 34.8 Å². The molecule has 4 N–H and O–H groups in total. The number of benzene rings is 4. The van der Waals surface area contributed by atoms with Crippen molar-refractivity contribution in [1.29, 1.82) is 0 Å². The van der Waals surface area contributed by atoms with Gasteiger partial charge in [0.1, 0.15) is 5.82 Å². The fourth-order valence-corrected chi connectivity index (χ4v) is 7.07. The minimum atomic E-state index is -1.41. The first-order chi connectivity index (χ1) is 31.7. The highest BCUT2D eigenvalue weighted by atomic mass is 35.5. The summed E-state index contributed by atoms with van der Waals surface area (Å²) < 4.78 is 25.0. The van der Waals surface area contributed by atoms with Crippen LogP contribution in [0.2, 0.25) is 0 Å². The van der Waals surface area contributed by atoms with E-state index in [0.717, 1.165) is 27.8 Å². The molecule has 12 nitrogen and oxygen atoms in total. The van der Waals surface area contributed by atoms with Crippen molar-refractivity contribution in [2.24, 2.45) is 0 Å². The molecule has 0 saturated heterocycles. The summed E-state index contributed by atoms with van der Waals surface area (Å²) in [4.78, 5) is 51.1. The lowest BCUT2D eigenvalue weighted by Crippen LogP contribution is -2.56. The monoisotopic (exact) mass is 998 g/mol. The van der Waals surface area contributed by atoms with E-state index in [1.54, 1.807) is 57.2 Å². The molecule has 0 atom stereocenters. The number of hydrazine groups is 1. The minimum absolute atomic E-state index is 0.0202. The van der Waals surface area contributed by atoms with Crippen LogP contribution in [0.4, 0.5) is 4.39 Å². The lowest BCUT2D eigenvalue weighted by Gasteiger charge is -2.35. The molecule has 68 heavy (non-hydrogen) atoms. The Bertz CT molecular complexity index is 2300. The van der Waals surface area contributed by atoms with Gasteiger partial charge in [-0.1, -0.05) is 79.4 Å². The average molecular weight is 1000 g/mol. The molecule has 0 aliphatic carbocycles. The number of alkyl halides is 2. The van der Waals surface area contributed by atoms with Crippen LogP contribution in [0.1, 0.15) is 137 Å². The maximum absolute atomic E-state index is 14.8. The molecule has 2 aliphatic rings. The highest BCUT2D eigenvalue weighted by Gasteiger charge is 2.35. The number of ketones is 1. The molecule has 0 bridgehead atoms. The molecule has 0 fully saturated rings. The molecule has 4 aromatic rings. The second-order valence-electron chi connectivity index (χ2n) is 18.3. The third kappa shape index (κ3) is 19.0. The summed E-state index contributed by atoms with van der Waals surface area (Å²) in [5, 5.41) is 23.6. The van der Waals surface area contributed by atoms with Gasteiger partial charge in [0.2, 0.25) is 0 Å². The maximum Gasteiger partial charge on any atom is 0.494 e. The maximum atomic E-state index is 14.8. The topological polar surface area (TPSA) is 158 Å². The van der Waals surface area contributed by atoms with Crippen LogP contribution < -0.4 is 21.7 Å². The zero-order chi connectivity index (χ0) is 51.7. The van der Waals surface area contributed by atoms with Crippen LogP contribution in [0.3, 0.4) is 0 Å². The standard InChI is InChI=1S/C21H24BFN2O4.C13H18BNO3.C9H9ClO.C6H15N.CH2Cl2/c1-12-8-13(2)10-15(9-12)20(27)25(21(3,4)5)24-19(26)16-7-6-14-11-29-22(28)17(14)18(16)23;1-13(2,3)15-7-12(16)9-4-5-10-8-18-14(17)11(10)6-9;1-6-3-7(2)5-8(4-6)9(10)11;1-4-7(5-2)6-3;2-1-3/h6-10,28H,11H2,1-5H3,(H,24,26);4-6,15,17H,7-8H2,1-3H3;3-5H,1-2H3;4-6H2,1-3H3;1H2. The Kier molecular flexibility index (Phi) is 24.6. The molecular formula is C50H68B2Cl3FN4O8. The number of carbonyl (C=O) groups excluding carboxylic acids is 4. The number of rotatable bonds is 9. The Morgan fingerprint density at radius 1 is 0.706 bits per heavy atom. The fraction of sp³-hybridized carbons (Fsp3) is 0.440. The average Bonchev–Trinajstić information content (AvgIpc) is 3.83. The Hall–Kier alpha value is -4.15. The summed E-state index contributed by atoms with van der Waals surface area (Å²) in [7, 11) is -2.31. The summed E-state index contributed by atoms with van der Waals surface area (Å²) in [6.07, 6.45) is 0. The first kappa shape index (κ1) is 60.0. The van der Waals surface area contributed by atoms with E-state index in [1.165, 1.54) is 36.8 Å². The van der Waals surface area contributed by atoms with E-state index < -0.39 is 42.6 Å². The smallest absolute Gasteiger partial charge is 0.423 e. The van der Waals surface area contributed by atoms with Gasteiger partial charge >= 0.3 is 14.2 Å². The Morgan fingerprint density at radius 2 is 1.18 bits per heavy atom. The normalized spacial score (nSPS) is 12.5. The second-order valence-corrected chi connectivity index (χ2v) is 19.4. The van der Waals surface area contributed by atoms with Crippen molar-refractivity contribution in [1.82, 2.24) is 20.7 Å². The van der Waals surface area contributed by atoms with E-state index in [1.807, 2.05) is 66.7 Å². The fourth-order valence-electron chi connectivity index (χ4n) is 6.96. The molecule has 370 valence electrons. The van der Waals surface area contributed by atoms with Crippen LogP contribution in [0.25, 0.3) is 0 Å². The second kappa shape index (κ2) is 27.9. The molecule has 6 rings (SSSR count). The Labute approximate surface area is 418 Å². The highest BCUT2D eigenvalue weighted by Crippen LogP contribution is 2.20. The SMILES string of the molecule is CC(C)(C)NCC(=O)c1ccc2c(c1)B(O)OC2.CCN(CC)CC.Cc1cc(C)cc(C(=O)Cl)c1.Cc1cc(C)cc(C(=O)N(NC(=O)c2ccc3c(c2F)B(O)OC3)C(C)(C)C)c1.ClCCl. The Balaban J connectivity index is 0.000000344. The van der Waals surface area contributed by atoms with Gasteiger partial charge in [-0.3, -0.25) is 24.6 Å². The van der Waals surface area contributed by atoms with Crippen molar-refractivity contribution in [3.8, 4) is 0 Å². The third-order valence-electron chi connectivity index (χ3n) is 10.4. The summed E-state index contributed by atoms with van der Waals surface area (Å²) in [5.41, 5.74) is 9.10. The van der Waals surface area contributed by atoms with Crippen molar-refractivity contribution in [2.75, 3.05) is 31.5 Å². The van der Waals surface area contributed by atoms with Crippen molar-refractivity contribution < 1.29 is 42.9 Å². The predicted molar refractivity (Wildman–Crippen MR) is 275 cm³/mol. The quantitative estimate of drug-likeness (QED) is 0.0424. The number of fused-ring (bicyclic) bond motifs is 2. The number of carbonyl (C=O) groups is 4. The highest BCUT2D eigenvalue weighted by molar-refractivity contribution is 6.67. The van der Waals surface area contributed by atoms with Crippen LogP contribution in [-0.2, 0) is 22.5 Å². The third-order valence-corrected chi connectivity index (χ3v) is 10.6. The van der Waals surface area contributed by atoms with Gasteiger partial charge < -0.3 is 29.6 Å². The van der Waals surface area contributed by atoms with E-state index in [4.69, 9.17) is 44.1 Å². The molecule has 2 heterocycles. The molecule has 0 radical (unpaired) electrons. The molecule has 2 aliphatic heterocycles. The predicted octanol–water partition coefficient (Wildman–Crippen LogP) is 8.17. The number of halogens is 4.